The third kappa shape index (κ3) is 2.33. The van der Waals surface area contributed by atoms with Crippen LogP contribution in [0.5, 0.6) is 0 Å². The van der Waals surface area contributed by atoms with E-state index in [1.54, 1.807) is 12.3 Å². The molecule has 0 aliphatic heterocycles. The largest absolute Gasteiger partial charge is 0.409 e. The molecule has 0 aromatic carbocycles. The summed E-state index contributed by atoms with van der Waals surface area (Å²) in [6, 6.07) is 4.02. The highest BCUT2D eigenvalue weighted by Crippen LogP contribution is 2.36. The molecule has 5 nitrogen and oxygen atoms in total. The molecule has 1 aliphatic rings. The number of anilines is 1. The van der Waals surface area contributed by atoms with Crippen molar-refractivity contribution in [1.82, 2.24) is 4.98 Å². The lowest BCUT2D eigenvalue weighted by Gasteiger charge is -2.27. The first kappa shape index (κ1) is 11.7. The summed E-state index contributed by atoms with van der Waals surface area (Å²) < 4.78 is 0. The first-order valence-electron chi connectivity index (χ1n) is 5.81. The Kier molecular flexibility index (Phi) is 3.17. The SMILES string of the molecule is CC(C1CC1)N(C)c1ncccc1/C(N)=N/O. The average molecular weight is 234 g/mol. The fraction of sp³-hybridized carbons (Fsp3) is 0.500. The zero-order chi connectivity index (χ0) is 12.4. The van der Waals surface area contributed by atoms with Gasteiger partial charge in [0.2, 0.25) is 0 Å². The quantitative estimate of drug-likeness (QED) is 0.357. The number of rotatable bonds is 4. The first-order valence-corrected chi connectivity index (χ1v) is 5.81. The van der Waals surface area contributed by atoms with E-state index < -0.39 is 0 Å². The smallest absolute Gasteiger partial charge is 0.173 e. The molecule has 0 spiro atoms. The van der Waals surface area contributed by atoms with Gasteiger partial charge in [0.05, 0.1) is 5.56 Å². The van der Waals surface area contributed by atoms with Crippen LogP contribution in [-0.2, 0) is 0 Å². The summed E-state index contributed by atoms with van der Waals surface area (Å²) in [5, 5.41) is 11.8. The summed E-state index contributed by atoms with van der Waals surface area (Å²) in [7, 11) is 2.00. The Morgan fingerprint density at radius 2 is 2.35 bits per heavy atom. The summed E-state index contributed by atoms with van der Waals surface area (Å²) in [6.45, 7) is 2.18. The normalized spacial score (nSPS) is 17.9. The number of hydrogen-bond donors (Lipinski definition) is 2. The number of pyridine rings is 1. The molecule has 1 unspecified atom stereocenters. The molecule has 1 aromatic heterocycles. The Labute approximate surface area is 101 Å². The molecule has 1 fully saturated rings. The third-order valence-corrected chi connectivity index (χ3v) is 3.42. The minimum absolute atomic E-state index is 0.1000. The van der Waals surface area contributed by atoms with Crippen molar-refractivity contribution >= 4 is 11.7 Å². The number of nitrogens with zero attached hydrogens (tertiary/aromatic N) is 3. The summed E-state index contributed by atoms with van der Waals surface area (Å²) in [5.74, 6) is 1.60. The van der Waals surface area contributed by atoms with Crippen LogP contribution in [0.15, 0.2) is 23.5 Å². The van der Waals surface area contributed by atoms with Crippen LogP contribution in [0, 0.1) is 5.92 Å². The van der Waals surface area contributed by atoms with Crippen molar-refractivity contribution < 1.29 is 5.21 Å². The maximum Gasteiger partial charge on any atom is 0.173 e. The van der Waals surface area contributed by atoms with Crippen LogP contribution in [0.25, 0.3) is 0 Å². The number of nitrogens with two attached hydrogens (primary N) is 1. The minimum atomic E-state index is 0.1000. The van der Waals surface area contributed by atoms with Gasteiger partial charge in [-0.3, -0.25) is 0 Å². The molecule has 1 aromatic rings. The molecule has 3 N–H and O–H groups in total. The zero-order valence-electron chi connectivity index (χ0n) is 10.2. The van der Waals surface area contributed by atoms with Crippen LogP contribution in [0.4, 0.5) is 5.82 Å². The molecule has 0 saturated heterocycles. The van der Waals surface area contributed by atoms with Gasteiger partial charge in [0, 0.05) is 19.3 Å². The number of oxime groups is 1. The molecule has 0 amide bonds. The van der Waals surface area contributed by atoms with E-state index in [0.717, 1.165) is 11.7 Å². The summed E-state index contributed by atoms with van der Waals surface area (Å²) in [6.07, 6.45) is 4.27. The van der Waals surface area contributed by atoms with Gasteiger partial charge in [-0.15, -0.1) is 0 Å². The predicted octanol–water partition coefficient (Wildman–Crippen LogP) is 1.41. The van der Waals surface area contributed by atoms with Crippen molar-refractivity contribution in [2.75, 3.05) is 11.9 Å². The number of hydrogen-bond acceptors (Lipinski definition) is 4. The van der Waals surface area contributed by atoms with Crippen molar-refractivity contribution in [3.05, 3.63) is 23.9 Å². The van der Waals surface area contributed by atoms with Crippen molar-refractivity contribution in [3.8, 4) is 0 Å². The van der Waals surface area contributed by atoms with Gasteiger partial charge in [-0.25, -0.2) is 4.98 Å². The topological polar surface area (TPSA) is 74.7 Å². The Bertz CT molecular complexity index is 428. The molecule has 1 atom stereocenters. The lowest BCUT2D eigenvalue weighted by molar-refractivity contribution is 0.318. The zero-order valence-corrected chi connectivity index (χ0v) is 10.2. The van der Waals surface area contributed by atoms with Gasteiger partial charge in [0.15, 0.2) is 5.84 Å². The maximum atomic E-state index is 8.77. The van der Waals surface area contributed by atoms with E-state index >= 15 is 0 Å². The molecule has 0 bridgehead atoms. The maximum absolute atomic E-state index is 8.77. The van der Waals surface area contributed by atoms with Crippen LogP contribution in [0.1, 0.15) is 25.3 Å². The molecular formula is C12H18N4O. The van der Waals surface area contributed by atoms with Crippen molar-refractivity contribution in [1.29, 1.82) is 0 Å². The second-order valence-corrected chi connectivity index (χ2v) is 4.55. The van der Waals surface area contributed by atoms with Gasteiger partial charge in [0.1, 0.15) is 5.82 Å². The van der Waals surface area contributed by atoms with Crippen LogP contribution in [0.3, 0.4) is 0 Å². The lowest BCUT2D eigenvalue weighted by Crippen LogP contribution is -2.33. The van der Waals surface area contributed by atoms with Crippen molar-refractivity contribution in [3.63, 3.8) is 0 Å². The minimum Gasteiger partial charge on any atom is -0.409 e. The predicted molar refractivity (Wildman–Crippen MR) is 67.3 cm³/mol. The summed E-state index contributed by atoms with van der Waals surface area (Å²) >= 11 is 0. The van der Waals surface area contributed by atoms with Crippen LogP contribution in [0.2, 0.25) is 0 Å². The van der Waals surface area contributed by atoms with Crippen molar-refractivity contribution in [2.24, 2.45) is 16.8 Å². The van der Waals surface area contributed by atoms with Crippen LogP contribution < -0.4 is 10.6 Å². The Morgan fingerprint density at radius 1 is 1.65 bits per heavy atom. The van der Waals surface area contributed by atoms with Gasteiger partial charge in [-0.1, -0.05) is 5.16 Å². The molecule has 5 heteroatoms. The van der Waals surface area contributed by atoms with E-state index in [-0.39, 0.29) is 5.84 Å². The second kappa shape index (κ2) is 4.61. The molecule has 1 aliphatic carbocycles. The van der Waals surface area contributed by atoms with E-state index in [2.05, 4.69) is 22.0 Å². The van der Waals surface area contributed by atoms with E-state index in [1.165, 1.54) is 12.8 Å². The van der Waals surface area contributed by atoms with Gasteiger partial charge in [-0.05, 0) is 37.8 Å². The molecule has 0 radical (unpaired) electrons. The summed E-state index contributed by atoms with van der Waals surface area (Å²) in [5.41, 5.74) is 6.33. The lowest BCUT2D eigenvalue weighted by atomic mass is 10.1. The van der Waals surface area contributed by atoms with Gasteiger partial charge in [-0.2, -0.15) is 0 Å². The third-order valence-electron chi connectivity index (χ3n) is 3.42. The second-order valence-electron chi connectivity index (χ2n) is 4.55. The molecular weight excluding hydrogens is 216 g/mol. The molecule has 1 heterocycles. The van der Waals surface area contributed by atoms with Gasteiger partial charge >= 0.3 is 0 Å². The fourth-order valence-corrected chi connectivity index (χ4v) is 2.02. The highest BCUT2D eigenvalue weighted by molar-refractivity contribution is 6.01. The molecule has 92 valence electrons. The standard InChI is InChI=1S/C12H18N4O/c1-8(9-5-6-9)16(2)12-10(11(13)15-17)4-3-7-14-12/h3-4,7-9,17H,5-6H2,1-2H3,(H2,13,15). The van der Waals surface area contributed by atoms with E-state index in [9.17, 15) is 0 Å². The summed E-state index contributed by atoms with van der Waals surface area (Å²) in [4.78, 5) is 6.44. The first-order chi connectivity index (χ1) is 8.15. The highest BCUT2D eigenvalue weighted by Gasteiger charge is 2.31. The van der Waals surface area contributed by atoms with Crippen LogP contribution >= 0.6 is 0 Å². The molecule has 1 saturated carbocycles. The van der Waals surface area contributed by atoms with E-state index in [4.69, 9.17) is 10.9 Å². The van der Waals surface area contributed by atoms with Crippen molar-refractivity contribution in [2.45, 2.75) is 25.8 Å². The fourth-order valence-electron chi connectivity index (χ4n) is 2.02. The van der Waals surface area contributed by atoms with Gasteiger partial charge < -0.3 is 15.8 Å². The number of aromatic nitrogens is 1. The monoisotopic (exact) mass is 234 g/mol. The Morgan fingerprint density at radius 3 is 2.94 bits per heavy atom. The highest BCUT2D eigenvalue weighted by atomic mass is 16.4. The molecule has 17 heavy (non-hydrogen) atoms. The van der Waals surface area contributed by atoms with Crippen LogP contribution in [-0.4, -0.2) is 29.1 Å². The Hall–Kier alpha value is -1.78. The average Bonchev–Trinajstić information content (AvgIpc) is 3.20. The van der Waals surface area contributed by atoms with Gasteiger partial charge in [0.25, 0.3) is 0 Å². The van der Waals surface area contributed by atoms with E-state index in [1.807, 2.05) is 13.1 Å². The van der Waals surface area contributed by atoms with E-state index in [0.29, 0.717) is 11.6 Å². The molecule has 2 rings (SSSR count). The number of amidine groups is 1. The Balaban J connectivity index is 2.30.